The van der Waals surface area contributed by atoms with Crippen molar-refractivity contribution in [2.45, 2.75) is 45.3 Å². The minimum Gasteiger partial charge on any atom is -0.444 e. The number of hydrogen-bond acceptors (Lipinski definition) is 3. The van der Waals surface area contributed by atoms with Crippen LogP contribution in [0.1, 0.15) is 33.6 Å². The third-order valence-electron chi connectivity index (χ3n) is 3.08. The van der Waals surface area contributed by atoms with E-state index >= 15 is 0 Å². The summed E-state index contributed by atoms with van der Waals surface area (Å²) in [7, 11) is 0. The first-order valence-corrected chi connectivity index (χ1v) is 6.18. The van der Waals surface area contributed by atoms with E-state index in [4.69, 9.17) is 4.74 Å². The first kappa shape index (κ1) is 11.7. The van der Waals surface area contributed by atoms with Gasteiger partial charge in [0, 0.05) is 19.6 Å². The highest BCUT2D eigenvalue weighted by Gasteiger charge is 2.40. The largest absolute Gasteiger partial charge is 0.444 e. The zero-order valence-electron chi connectivity index (χ0n) is 10.5. The standard InChI is InChI=1S/C12H22N2O2/c1-12(2,3)16-11(15)14-7-6-13-8-10(14)9-4-5-9/h9-10,13H,4-8H2,1-3H3. The number of rotatable bonds is 1. The van der Waals surface area contributed by atoms with Gasteiger partial charge in [0.2, 0.25) is 0 Å². The molecular weight excluding hydrogens is 204 g/mol. The Morgan fingerprint density at radius 2 is 2.06 bits per heavy atom. The molecule has 2 aliphatic rings. The van der Waals surface area contributed by atoms with E-state index in [0.29, 0.717) is 12.0 Å². The smallest absolute Gasteiger partial charge is 0.410 e. The molecule has 1 aliphatic carbocycles. The van der Waals surface area contributed by atoms with Gasteiger partial charge in [-0.1, -0.05) is 0 Å². The van der Waals surface area contributed by atoms with Crippen molar-refractivity contribution in [1.82, 2.24) is 10.2 Å². The van der Waals surface area contributed by atoms with Crippen molar-refractivity contribution in [3.05, 3.63) is 0 Å². The highest BCUT2D eigenvalue weighted by atomic mass is 16.6. The lowest BCUT2D eigenvalue weighted by atomic mass is 10.1. The second-order valence-electron chi connectivity index (χ2n) is 5.78. The maximum Gasteiger partial charge on any atom is 0.410 e. The van der Waals surface area contributed by atoms with E-state index in [0.717, 1.165) is 19.6 Å². The van der Waals surface area contributed by atoms with Crippen LogP contribution >= 0.6 is 0 Å². The van der Waals surface area contributed by atoms with Crippen molar-refractivity contribution in [2.24, 2.45) is 5.92 Å². The monoisotopic (exact) mass is 226 g/mol. The maximum atomic E-state index is 12.0. The first-order valence-electron chi connectivity index (χ1n) is 6.18. The Labute approximate surface area is 97.3 Å². The average Bonchev–Trinajstić information content (AvgIpc) is 2.98. The normalized spacial score (nSPS) is 26.7. The van der Waals surface area contributed by atoms with Crippen molar-refractivity contribution in [2.75, 3.05) is 19.6 Å². The SMILES string of the molecule is CC(C)(C)OC(=O)N1CCNCC1C1CC1. The van der Waals surface area contributed by atoms with Crippen LogP contribution in [0.4, 0.5) is 4.79 Å². The van der Waals surface area contributed by atoms with Crippen molar-refractivity contribution >= 4 is 6.09 Å². The Hall–Kier alpha value is -0.770. The van der Waals surface area contributed by atoms with Gasteiger partial charge in [0.25, 0.3) is 0 Å². The quantitative estimate of drug-likeness (QED) is 0.738. The second kappa shape index (κ2) is 4.24. The fourth-order valence-electron chi connectivity index (χ4n) is 2.17. The molecule has 4 heteroatoms. The molecule has 0 bridgehead atoms. The average molecular weight is 226 g/mol. The number of carbonyl (C=O) groups is 1. The molecule has 1 heterocycles. The van der Waals surface area contributed by atoms with Gasteiger partial charge in [0.05, 0.1) is 6.04 Å². The Morgan fingerprint density at radius 1 is 1.38 bits per heavy atom. The van der Waals surface area contributed by atoms with Gasteiger partial charge in [-0.3, -0.25) is 0 Å². The van der Waals surface area contributed by atoms with Gasteiger partial charge in [-0.15, -0.1) is 0 Å². The Kier molecular flexibility index (Phi) is 3.10. The fraction of sp³-hybridized carbons (Fsp3) is 0.917. The van der Waals surface area contributed by atoms with E-state index in [-0.39, 0.29) is 6.09 Å². The van der Waals surface area contributed by atoms with Crippen LogP contribution in [0, 0.1) is 5.92 Å². The highest BCUT2D eigenvalue weighted by Crippen LogP contribution is 2.36. The van der Waals surface area contributed by atoms with Crippen molar-refractivity contribution < 1.29 is 9.53 Å². The molecule has 0 spiro atoms. The molecule has 4 nitrogen and oxygen atoms in total. The van der Waals surface area contributed by atoms with Crippen LogP contribution in [0.2, 0.25) is 0 Å². The lowest BCUT2D eigenvalue weighted by Gasteiger charge is -2.37. The second-order valence-corrected chi connectivity index (χ2v) is 5.78. The zero-order chi connectivity index (χ0) is 11.8. The number of carbonyl (C=O) groups excluding carboxylic acids is 1. The summed E-state index contributed by atoms with van der Waals surface area (Å²) in [6, 6.07) is 0.351. The van der Waals surface area contributed by atoms with Crippen LogP contribution in [-0.2, 0) is 4.74 Å². The van der Waals surface area contributed by atoms with Gasteiger partial charge < -0.3 is 15.0 Å². The summed E-state index contributed by atoms with van der Waals surface area (Å²) in [5.74, 6) is 0.695. The number of nitrogens with one attached hydrogen (secondary N) is 1. The third-order valence-corrected chi connectivity index (χ3v) is 3.08. The molecule has 1 unspecified atom stereocenters. The van der Waals surface area contributed by atoms with Crippen LogP contribution in [0.3, 0.4) is 0 Å². The van der Waals surface area contributed by atoms with Crippen molar-refractivity contribution in [3.63, 3.8) is 0 Å². The summed E-state index contributed by atoms with van der Waals surface area (Å²) < 4.78 is 5.44. The van der Waals surface area contributed by atoms with Gasteiger partial charge in [-0.05, 0) is 39.5 Å². The molecule has 1 saturated heterocycles. The molecule has 0 aromatic heterocycles. The number of piperazine rings is 1. The minimum atomic E-state index is -0.393. The fourth-order valence-corrected chi connectivity index (χ4v) is 2.17. The summed E-state index contributed by atoms with van der Waals surface area (Å²) in [5.41, 5.74) is -0.393. The van der Waals surface area contributed by atoms with Crippen molar-refractivity contribution in [1.29, 1.82) is 0 Å². The maximum absolute atomic E-state index is 12.0. The Bertz CT molecular complexity index is 269. The highest BCUT2D eigenvalue weighted by molar-refractivity contribution is 5.69. The Balaban J connectivity index is 1.96. The topological polar surface area (TPSA) is 41.6 Å². The predicted molar refractivity (Wildman–Crippen MR) is 62.3 cm³/mol. The van der Waals surface area contributed by atoms with Crippen LogP contribution in [0.25, 0.3) is 0 Å². The molecule has 0 radical (unpaired) electrons. The first-order chi connectivity index (χ1) is 7.47. The van der Waals surface area contributed by atoms with Crippen molar-refractivity contribution in [3.8, 4) is 0 Å². The lowest BCUT2D eigenvalue weighted by Crippen LogP contribution is -2.55. The predicted octanol–water partition coefficient (Wildman–Crippen LogP) is 1.61. The van der Waals surface area contributed by atoms with Crippen LogP contribution < -0.4 is 5.32 Å². The number of ether oxygens (including phenoxy) is 1. The molecule has 2 rings (SSSR count). The van der Waals surface area contributed by atoms with Gasteiger partial charge in [0.15, 0.2) is 0 Å². The minimum absolute atomic E-state index is 0.147. The Morgan fingerprint density at radius 3 is 2.62 bits per heavy atom. The lowest BCUT2D eigenvalue weighted by molar-refractivity contribution is 0.00953. The van der Waals surface area contributed by atoms with E-state index in [9.17, 15) is 4.79 Å². The van der Waals surface area contributed by atoms with E-state index in [1.165, 1.54) is 12.8 Å². The summed E-state index contributed by atoms with van der Waals surface area (Å²) in [6.45, 7) is 8.32. The molecule has 1 amide bonds. The van der Waals surface area contributed by atoms with E-state index in [2.05, 4.69) is 5.32 Å². The third kappa shape index (κ3) is 2.88. The molecule has 92 valence electrons. The summed E-state index contributed by atoms with van der Waals surface area (Å²) in [5, 5.41) is 3.35. The molecule has 1 aliphatic heterocycles. The zero-order valence-corrected chi connectivity index (χ0v) is 10.5. The molecule has 1 atom stereocenters. The summed E-state index contributed by atoms with van der Waals surface area (Å²) >= 11 is 0. The van der Waals surface area contributed by atoms with Gasteiger partial charge >= 0.3 is 6.09 Å². The number of nitrogens with zero attached hydrogens (tertiary/aromatic N) is 1. The van der Waals surface area contributed by atoms with Crippen LogP contribution in [0.15, 0.2) is 0 Å². The van der Waals surface area contributed by atoms with Gasteiger partial charge in [-0.25, -0.2) is 4.79 Å². The number of hydrogen-bond donors (Lipinski definition) is 1. The van der Waals surface area contributed by atoms with Crippen LogP contribution in [-0.4, -0.2) is 42.3 Å². The molecule has 1 N–H and O–H groups in total. The van der Waals surface area contributed by atoms with E-state index in [1.54, 1.807) is 0 Å². The van der Waals surface area contributed by atoms with Gasteiger partial charge in [-0.2, -0.15) is 0 Å². The summed E-state index contributed by atoms with van der Waals surface area (Å²) in [4.78, 5) is 13.9. The summed E-state index contributed by atoms with van der Waals surface area (Å²) in [6.07, 6.45) is 2.36. The molecule has 0 aromatic carbocycles. The molecular formula is C12H22N2O2. The molecule has 0 aromatic rings. The number of amides is 1. The van der Waals surface area contributed by atoms with E-state index in [1.807, 2.05) is 25.7 Å². The molecule has 16 heavy (non-hydrogen) atoms. The molecule has 1 saturated carbocycles. The molecule has 2 fully saturated rings. The van der Waals surface area contributed by atoms with E-state index < -0.39 is 5.60 Å². The van der Waals surface area contributed by atoms with Crippen LogP contribution in [0.5, 0.6) is 0 Å². The van der Waals surface area contributed by atoms with Gasteiger partial charge in [0.1, 0.15) is 5.60 Å².